The van der Waals surface area contributed by atoms with Gasteiger partial charge in [-0.25, -0.2) is 0 Å². The van der Waals surface area contributed by atoms with E-state index in [1.807, 2.05) is 0 Å². The molecule has 0 bridgehead atoms. The molecule has 0 heterocycles. The molecule has 36 heavy (non-hydrogen) atoms. The van der Waals surface area contributed by atoms with Crippen LogP contribution in [0.3, 0.4) is 0 Å². The maximum Gasteiger partial charge on any atom is 0.234 e. The Morgan fingerprint density at radius 1 is 0.500 bits per heavy atom. The molecule has 8 N–H and O–H groups in total. The predicted molar refractivity (Wildman–Crippen MR) is 135 cm³/mol. The van der Waals surface area contributed by atoms with E-state index in [2.05, 4.69) is 10.6 Å². The summed E-state index contributed by atoms with van der Waals surface area (Å²) in [7, 11) is 0. The van der Waals surface area contributed by atoms with Crippen LogP contribution in [0.1, 0.15) is 0 Å². The topological polar surface area (TPSA) is 195 Å². The predicted octanol–water partition coefficient (Wildman–Crippen LogP) is -3.50. The molecule has 0 rings (SSSR count). The fourth-order valence-corrected chi connectivity index (χ4v) is 2.67. The van der Waals surface area contributed by atoms with E-state index in [9.17, 15) is 9.59 Å². The minimum atomic E-state index is -0.210. The van der Waals surface area contributed by atoms with Crippen molar-refractivity contribution in [2.45, 2.75) is 0 Å². The minimum absolute atomic E-state index is 0.0506. The molecule has 0 spiro atoms. The molecule has 0 aromatic heterocycles. The zero-order valence-electron chi connectivity index (χ0n) is 21.6. The first kappa shape index (κ1) is 34.5. The molecule has 2 amide bonds. The van der Waals surface area contributed by atoms with Gasteiger partial charge in [0.15, 0.2) is 0 Å². The smallest absolute Gasteiger partial charge is 0.234 e. The third-order valence-corrected chi connectivity index (χ3v) is 4.33. The lowest BCUT2D eigenvalue weighted by Gasteiger charge is -2.21. The zero-order valence-corrected chi connectivity index (χ0v) is 21.6. The summed E-state index contributed by atoms with van der Waals surface area (Å²) in [5, 5.41) is 5.57. The van der Waals surface area contributed by atoms with Crippen molar-refractivity contribution in [1.82, 2.24) is 15.5 Å². The molecular weight excluding hydrogens is 476 g/mol. The quantitative estimate of drug-likeness (QED) is 0.0635. The summed E-state index contributed by atoms with van der Waals surface area (Å²) >= 11 is 0. The molecule has 0 aliphatic heterocycles. The minimum Gasteiger partial charge on any atom is -0.378 e. The first-order valence-electron chi connectivity index (χ1n) is 12.5. The number of carbonyl (C=O) groups excluding carboxylic acids is 2. The molecule has 0 atom stereocenters. The SMILES string of the molecule is NCCOCCOCCNC(=O)CN(CCOCCOCCN)CC(=O)NCCOCCOCCN. The van der Waals surface area contributed by atoms with Crippen LogP contribution in [0.2, 0.25) is 0 Å². The normalized spacial score (nSPS) is 11.2. The summed E-state index contributed by atoms with van der Waals surface area (Å²) in [5.74, 6) is -0.421. The summed E-state index contributed by atoms with van der Waals surface area (Å²) < 4.78 is 32.0. The number of nitrogens with one attached hydrogen (secondary N) is 2. The zero-order chi connectivity index (χ0) is 26.5. The Morgan fingerprint density at radius 2 is 0.833 bits per heavy atom. The molecule has 0 aliphatic rings. The van der Waals surface area contributed by atoms with Gasteiger partial charge >= 0.3 is 0 Å². The van der Waals surface area contributed by atoms with Gasteiger partial charge in [-0.15, -0.1) is 0 Å². The number of amides is 2. The summed E-state index contributed by atoms with van der Waals surface area (Å²) in [6.07, 6.45) is 0. The van der Waals surface area contributed by atoms with Crippen molar-refractivity contribution in [2.75, 3.05) is 132 Å². The van der Waals surface area contributed by atoms with E-state index >= 15 is 0 Å². The highest BCUT2D eigenvalue weighted by molar-refractivity contribution is 5.81. The van der Waals surface area contributed by atoms with Gasteiger partial charge in [0.05, 0.1) is 92.4 Å². The van der Waals surface area contributed by atoms with E-state index in [0.717, 1.165) is 0 Å². The maximum absolute atomic E-state index is 12.3. The van der Waals surface area contributed by atoms with Crippen LogP contribution >= 0.6 is 0 Å². The summed E-state index contributed by atoms with van der Waals surface area (Å²) in [6.45, 7) is 7.77. The Bertz CT molecular complexity index is 473. The molecule has 0 saturated carbocycles. The molecule has 14 nitrogen and oxygen atoms in total. The van der Waals surface area contributed by atoms with Crippen molar-refractivity contribution in [3.8, 4) is 0 Å². The van der Waals surface area contributed by atoms with E-state index in [4.69, 9.17) is 45.6 Å². The highest BCUT2D eigenvalue weighted by Crippen LogP contribution is 1.91. The van der Waals surface area contributed by atoms with Gasteiger partial charge in [-0.05, 0) is 0 Å². The van der Waals surface area contributed by atoms with Crippen molar-refractivity contribution in [3.63, 3.8) is 0 Å². The molecule has 0 fully saturated rings. The average Bonchev–Trinajstić information content (AvgIpc) is 2.86. The van der Waals surface area contributed by atoms with Gasteiger partial charge in [0.2, 0.25) is 11.8 Å². The van der Waals surface area contributed by atoms with Crippen molar-refractivity contribution in [2.24, 2.45) is 17.2 Å². The van der Waals surface area contributed by atoms with Crippen molar-refractivity contribution in [3.05, 3.63) is 0 Å². The fourth-order valence-electron chi connectivity index (χ4n) is 2.67. The Labute approximate surface area is 214 Å². The number of carbonyl (C=O) groups is 2. The lowest BCUT2D eigenvalue weighted by atomic mass is 10.4. The standard InChI is InChI=1S/C22H48N6O8/c23-1-7-31-13-16-34-10-4-26-21(29)19-28(6-12-36-18-15-33-9-3-25)20-22(30)27-5-11-35-17-14-32-8-2-24/h1-20,23-25H2,(H,26,29)(H,27,30). The molecule has 0 unspecified atom stereocenters. The Kier molecular flexibility index (Phi) is 27.0. The average molecular weight is 525 g/mol. The van der Waals surface area contributed by atoms with Crippen molar-refractivity contribution < 1.29 is 38.0 Å². The lowest BCUT2D eigenvalue weighted by Crippen LogP contribution is -2.45. The van der Waals surface area contributed by atoms with Gasteiger partial charge in [-0.2, -0.15) is 0 Å². The third kappa shape index (κ3) is 25.6. The molecule has 14 heteroatoms. The molecule has 0 aromatic rings. The van der Waals surface area contributed by atoms with Gasteiger partial charge < -0.3 is 56.3 Å². The second kappa shape index (κ2) is 28.1. The number of hydrogen-bond acceptors (Lipinski definition) is 12. The van der Waals surface area contributed by atoms with E-state index in [1.165, 1.54) is 0 Å². The number of ether oxygens (including phenoxy) is 6. The van der Waals surface area contributed by atoms with Crippen LogP contribution in [0.15, 0.2) is 0 Å². The van der Waals surface area contributed by atoms with Crippen LogP contribution in [-0.2, 0) is 38.0 Å². The molecule has 214 valence electrons. The Morgan fingerprint density at radius 3 is 1.19 bits per heavy atom. The summed E-state index contributed by atoms with van der Waals surface area (Å²) in [6, 6.07) is 0. The second-order valence-corrected chi connectivity index (χ2v) is 7.45. The number of rotatable bonds is 28. The van der Waals surface area contributed by atoms with Gasteiger partial charge in [0, 0.05) is 39.3 Å². The first-order chi connectivity index (χ1) is 17.6. The largest absolute Gasteiger partial charge is 0.378 e. The number of nitrogens with zero attached hydrogens (tertiary/aromatic N) is 1. The van der Waals surface area contributed by atoms with Crippen LogP contribution in [0.25, 0.3) is 0 Å². The molecular formula is C22H48N6O8. The number of nitrogens with two attached hydrogens (primary N) is 3. The number of hydrogen-bond donors (Lipinski definition) is 5. The van der Waals surface area contributed by atoms with E-state index < -0.39 is 0 Å². The lowest BCUT2D eigenvalue weighted by molar-refractivity contribution is -0.125. The maximum atomic E-state index is 12.3. The van der Waals surface area contributed by atoms with Crippen LogP contribution < -0.4 is 27.8 Å². The monoisotopic (exact) mass is 524 g/mol. The highest BCUT2D eigenvalue weighted by Gasteiger charge is 2.14. The van der Waals surface area contributed by atoms with E-state index in [-0.39, 0.29) is 24.9 Å². The second-order valence-electron chi connectivity index (χ2n) is 7.45. The Hall–Kier alpha value is -1.46. The van der Waals surface area contributed by atoms with Crippen molar-refractivity contribution in [1.29, 1.82) is 0 Å². The molecule has 0 saturated heterocycles. The van der Waals surface area contributed by atoms with Crippen LogP contribution in [0.5, 0.6) is 0 Å². The first-order valence-corrected chi connectivity index (χ1v) is 12.5. The summed E-state index contributed by atoms with van der Waals surface area (Å²) in [4.78, 5) is 26.4. The van der Waals surface area contributed by atoms with E-state index in [1.54, 1.807) is 4.90 Å². The van der Waals surface area contributed by atoms with Crippen LogP contribution in [0.4, 0.5) is 0 Å². The van der Waals surface area contributed by atoms with Gasteiger partial charge in [-0.3, -0.25) is 14.5 Å². The fraction of sp³-hybridized carbons (Fsp3) is 0.909. The third-order valence-electron chi connectivity index (χ3n) is 4.33. The molecule has 0 aromatic carbocycles. The van der Waals surface area contributed by atoms with Gasteiger partial charge in [0.1, 0.15) is 0 Å². The van der Waals surface area contributed by atoms with E-state index in [0.29, 0.717) is 119 Å². The van der Waals surface area contributed by atoms with Gasteiger partial charge in [0.25, 0.3) is 0 Å². The van der Waals surface area contributed by atoms with Crippen LogP contribution in [0, 0.1) is 0 Å². The van der Waals surface area contributed by atoms with Crippen LogP contribution in [-0.4, -0.2) is 148 Å². The Balaban J connectivity index is 4.19. The summed E-state index contributed by atoms with van der Waals surface area (Å²) in [5.41, 5.74) is 16.0. The van der Waals surface area contributed by atoms with Gasteiger partial charge in [-0.1, -0.05) is 0 Å². The van der Waals surface area contributed by atoms with Crippen molar-refractivity contribution >= 4 is 11.8 Å². The highest BCUT2D eigenvalue weighted by atomic mass is 16.5. The molecule has 0 radical (unpaired) electrons. The molecule has 0 aliphatic carbocycles.